The van der Waals surface area contributed by atoms with Gasteiger partial charge in [-0.2, -0.15) is 4.31 Å². The summed E-state index contributed by atoms with van der Waals surface area (Å²) in [5.41, 5.74) is 5.73. The normalized spacial score (nSPS) is 21.4. The van der Waals surface area contributed by atoms with Crippen molar-refractivity contribution in [1.29, 1.82) is 0 Å². The van der Waals surface area contributed by atoms with Crippen molar-refractivity contribution in [3.8, 4) is 0 Å². The van der Waals surface area contributed by atoms with Gasteiger partial charge in [-0.05, 0) is 36.1 Å². The van der Waals surface area contributed by atoms with E-state index in [4.69, 9.17) is 10.2 Å². The zero-order chi connectivity index (χ0) is 16.8. The summed E-state index contributed by atoms with van der Waals surface area (Å²) in [6.07, 6.45) is 0.634. The van der Waals surface area contributed by atoms with Crippen LogP contribution in [-0.4, -0.2) is 31.9 Å². The van der Waals surface area contributed by atoms with E-state index in [0.717, 1.165) is 0 Å². The molecular formula is C16H21ClN2O4S. The molecule has 8 heteroatoms. The quantitative estimate of drug-likeness (QED) is 0.813. The van der Waals surface area contributed by atoms with Crippen LogP contribution in [0.3, 0.4) is 0 Å². The monoisotopic (exact) mass is 372 g/mol. The first-order valence-corrected chi connectivity index (χ1v) is 8.94. The molecule has 0 amide bonds. The molecule has 0 spiro atoms. The van der Waals surface area contributed by atoms with E-state index in [9.17, 15) is 13.2 Å². The predicted octanol–water partition coefficient (Wildman–Crippen LogP) is 1.96. The van der Waals surface area contributed by atoms with E-state index in [-0.39, 0.29) is 28.8 Å². The van der Waals surface area contributed by atoms with Crippen molar-refractivity contribution < 1.29 is 12.8 Å². The molecule has 2 N–H and O–H groups in total. The molecule has 1 unspecified atom stereocenters. The summed E-state index contributed by atoms with van der Waals surface area (Å²) >= 11 is 0. The fourth-order valence-corrected chi connectivity index (χ4v) is 4.55. The highest BCUT2D eigenvalue weighted by Crippen LogP contribution is 2.31. The third kappa shape index (κ3) is 3.35. The zero-order valence-electron chi connectivity index (χ0n) is 13.6. The van der Waals surface area contributed by atoms with E-state index in [1.165, 1.54) is 28.6 Å². The van der Waals surface area contributed by atoms with Crippen LogP contribution >= 0.6 is 12.4 Å². The Bertz CT molecular complexity index is 908. The first-order valence-electron chi connectivity index (χ1n) is 7.50. The van der Waals surface area contributed by atoms with E-state index in [1.54, 1.807) is 6.07 Å². The van der Waals surface area contributed by atoms with Crippen LogP contribution in [-0.2, 0) is 10.0 Å². The van der Waals surface area contributed by atoms with Gasteiger partial charge in [-0.1, -0.05) is 13.8 Å². The van der Waals surface area contributed by atoms with Crippen molar-refractivity contribution in [2.75, 3.05) is 13.1 Å². The van der Waals surface area contributed by atoms with Gasteiger partial charge in [-0.3, -0.25) is 0 Å². The molecule has 2 aromatic rings. The minimum atomic E-state index is -3.60. The second kappa shape index (κ2) is 6.48. The molecule has 1 aromatic carbocycles. The van der Waals surface area contributed by atoms with Gasteiger partial charge in [-0.15, -0.1) is 12.4 Å². The molecule has 1 aliphatic heterocycles. The minimum absolute atomic E-state index is 0. The molecule has 3 rings (SSSR count). The predicted molar refractivity (Wildman–Crippen MR) is 94.9 cm³/mol. The molecule has 1 fully saturated rings. The molecule has 6 nitrogen and oxygen atoms in total. The SMILES string of the molecule is CC1(C)CN(S(=O)(=O)c2ccc3oc(=O)ccc3c2)CCC1N.Cl. The highest BCUT2D eigenvalue weighted by atomic mass is 35.5. The molecule has 132 valence electrons. The average Bonchev–Trinajstić information content (AvgIpc) is 2.49. The number of hydrogen-bond acceptors (Lipinski definition) is 5. The van der Waals surface area contributed by atoms with Gasteiger partial charge in [0.25, 0.3) is 0 Å². The Morgan fingerprint density at radius 3 is 2.62 bits per heavy atom. The van der Waals surface area contributed by atoms with Gasteiger partial charge in [0, 0.05) is 30.6 Å². The summed E-state index contributed by atoms with van der Waals surface area (Å²) in [6, 6.07) is 7.36. The molecule has 1 saturated heterocycles. The fraction of sp³-hybridized carbons (Fsp3) is 0.438. The van der Waals surface area contributed by atoms with Crippen molar-refractivity contribution in [3.05, 3.63) is 40.8 Å². The molecule has 1 aliphatic rings. The smallest absolute Gasteiger partial charge is 0.336 e. The molecule has 0 bridgehead atoms. The summed E-state index contributed by atoms with van der Waals surface area (Å²) in [6.45, 7) is 4.76. The second-order valence-corrected chi connectivity index (χ2v) is 8.61. The van der Waals surface area contributed by atoms with Crippen LogP contribution in [0, 0.1) is 5.41 Å². The number of nitrogens with zero attached hydrogens (tertiary/aromatic N) is 1. The Balaban J connectivity index is 0.00000208. The maximum Gasteiger partial charge on any atom is 0.336 e. The van der Waals surface area contributed by atoms with Gasteiger partial charge >= 0.3 is 5.63 Å². The van der Waals surface area contributed by atoms with E-state index in [0.29, 0.717) is 30.5 Å². The molecule has 1 atom stereocenters. The van der Waals surface area contributed by atoms with E-state index < -0.39 is 15.6 Å². The molecule has 0 aliphatic carbocycles. The largest absolute Gasteiger partial charge is 0.423 e. The lowest BCUT2D eigenvalue weighted by atomic mass is 9.81. The summed E-state index contributed by atoms with van der Waals surface area (Å²) in [7, 11) is -3.60. The Hall–Kier alpha value is -1.41. The number of benzene rings is 1. The number of piperidine rings is 1. The minimum Gasteiger partial charge on any atom is -0.423 e. The second-order valence-electron chi connectivity index (χ2n) is 6.68. The standard InChI is InChI=1S/C16H20N2O4S.ClH/c1-16(2)10-18(8-7-14(16)17)23(20,21)12-4-5-13-11(9-12)3-6-15(19)22-13;/h3-6,9,14H,7-8,10,17H2,1-2H3;1H. The average molecular weight is 373 g/mol. The Labute approximate surface area is 147 Å². The van der Waals surface area contributed by atoms with E-state index in [2.05, 4.69) is 0 Å². The summed E-state index contributed by atoms with van der Waals surface area (Å²) in [5, 5.41) is 0.582. The molecular weight excluding hydrogens is 352 g/mol. The summed E-state index contributed by atoms with van der Waals surface area (Å²) < 4.78 is 32.3. The third-order valence-corrected chi connectivity index (χ3v) is 6.35. The zero-order valence-corrected chi connectivity index (χ0v) is 15.2. The van der Waals surface area contributed by atoms with Crippen LogP contribution in [0.15, 0.2) is 44.4 Å². The van der Waals surface area contributed by atoms with Crippen LogP contribution < -0.4 is 11.4 Å². The van der Waals surface area contributed by atoms with Crippen molar-refractivity contribution in [2.24, 2.45) is 11.1 Å². The van der Waals surface area contributed by atoms with Crippen LogP contribution in [0.25, 0.3) is 11.0 Å². The molecule has 0 saturated carbocycles. The van der Waals surface area contributed by atoms with Crippen molar-refractivity contribution in [3.63, 3.8) is 0 Å². The molecule has 2 heterocycles. The maximum atomic E-state index is 12.9. The Morgan fingerprint density at radius 1 is 1.25 bits per heavy atom. The third-order valence-electron chi connectivity index (χ3n) is 4.51. The van der Waals surface area contributed by atoms with Gasteiger partial charge in [0.1, 0.15) is 5.58 Å². The number of nitrogens with two attached hydrogens (primary N) is 1. The van der Waals surface area contributed by atoms with Crippen LogP contribution in [0.5, 0.6) is 0 Å². The number of rotatable bonds is 2. The highest BCUT2D eigenvalue weighted by molar-refractivity contribution is 7.89. The van der Waals surface area contributed by atoms with Crippen molar-refractivity contribution in [2.45, 2.75) is 31.2 Å². The highest BCUT2D eigenvalue weighted by Gasteiger charge is 2.38. The maximum absolute atomic E-state index is 12.9. The molecule has 24 heavy (non-hydrogen) atoms. The lowest BCUT2D eigenvalue weighted by Crippen LogP contribution is -2.53. The Morgan fingerprint density at radius 2 is 1.96 bits per heavy atom. The van der Waals surface area contributed by atoms with E-state index >= 15 is 0 Å². The van der Waals surface area contributed by atoms with Crippen LogP contribution in [0.1, 0.15) is 20.3 Å². The topological polar surface area (TPSA) is 93.6 Å². The molecule has 0 radical (unpaired) electrons. The van der Waals surface area contributed by atoms with Crippen molar-refractivity contribution in [1.82, 2.24) is 4.31 Å². The summed E-state index contributed by atoms with van der Waals surface area (Å²) in [5.74, 6) is 0. The first kappa shape index (κ1) is 18.9. The lowest BCUT2D eigenvalue weighted by Gasteiger charge is -2.41. The van der Waals surface area contributed by atoms with Gasteiger partial charge < -0.3 is 10.2 Å². The Kier molecular flexibility index (Phi) is 5.11. The lowest BCUT2D eigenvalue weighted by molar-refractivity contribution is 0.155. The number of halogens is 1. The fourth-order valence-electron chi connectivity index (χ4n) is 2.89. The van der Waals surface area contributed by atoms with Gasteiger partial charge in [0.15, 0.2) is 0 Å². The number of sulfonamides is 1. The summed E-state index contributed by atoms with van der Waals surface area (Å²) in [4.78, 5) is 11.4. The molecule has 1 aromatic heterocycles. The van der Waals surface area contributed by atoms with Gasteiger partial charge in [0.2, 0.25) is 10.0 Å². The van der Waals surface area contributed by atoms with Crippen molar-refractivity contribution >= 4 is 33.4 Å². The van der Waals surface area contributed by atoms with Gasteiger partial charge in [0.05, 0.1) is 4.90 Å². The van der Waals surface area contributed by atoms with Crippen LogP contribution in [0.4, 0.5) is 0 Å². The number of fused-ring (bicyclic) bond motifs is 1. The first-order chi connectivity index (χ1) is 10.7. The van der Waals surface area contributed by atoms with Crippen LogP contribution in [0.2, 0.25) is 0 Å². The van der Waals surface area contributed by atoms with Gasteiger partial charge in [-0.25, -0.2) is 13.2 Å². The van der Waals surface area contributed by atoms with E-state index in [1.807, 2.05) is 13.8 Å². The number of hydrogen-bond donors (Lipinski definition) is 1.